The molecule has 0 spiro atoms. The number of hydrogen-bond acceptors (Lipinski definition) is 7. The number of H-pyrrole nitrogens is 1. The van der Waals surface area contributed by atoms with Crippen LogP contribution in [0.1, 0.15) is 85.4 Å². The summed E-state index contributed by atoms with van der Waals surface area (Å²) in [6.45, 7) is 0.918. The Morgan fingerprint density at radius 2 is 1.97 bits per heavy atom. The van der Waals surface area contributed by atoms with Crippen LogP contribution in [0.5, 0.6) is 5.75 Å². The number of aryl methyl sites for hydroxylation is 2. The van der Waals surface area contributed by atoms with Gasteiger partial charge in [0, 0.05) is 17.3 Å². The number of hydrogen-bond donors (Lipinski definition) is 1. The van der Waals surface area contributed by atoms with Gasteiger partial charge in [0.25, 0.3) is 5.56 Å². The van der Waals surface area contributed by atoms with Gasteiger partial charge in [-0.2, -0.15) is 0 Å². The number of ether oxygens (including phenoxy) is 1. The van der Waals surface area contributed by atoms with Crippen molar-refractivity contribution in [3.8, 4) is 5.75 Å². The number of thiophene rings is 1. The van der Waals surface area contributed by atoms with Crippen molar-refractivity contribution in [2.45, 2.75) is 76.2 Å². The van der Waals surface area contributed by atoms with E-state index >= 15 is 0 Å². The molecule has 3 aromatic rings. The molecule has 3 aromatic heterocycles. The Morgan fingerprint density at radius 1 is 1.09 bits per heavy atom. The zero-order valence-electron chi connectivity index (χ0n) is 18.5. The Bertz CT molecular complexity index is 1210. The van der Waals surface area contributed by atoms with Gasteiger partial charge in [-0.05, 0) is 50.5 Å². The third-order valence-corrected chi connectivity index (χ3v) is 8.57. The summed E-state index contributed by atoms with van der Waals surface area (Å²) < 4.78 is 5.12. The summed E-state index contributed by atoms with van der Waals surface area (Å²) in [7, 11) is 1.50. The summed E-state index contributed by atoms with van der Waals surface area (Å²) in [4.78, 5) is 35.3. The maximum atomic E-state index is 12.4. The van der Waals surface area contributed by atoms with Crippen molar-refractivity contribution in [3.63, 3.8) is 0 Å². The predicted octanol–water partition coefficient (Wildman–Crippen LogP) is 4.66. The molecule has 3 aliphatic rings. The van der Waals surface area contributed by atoms with Crippen molar-refractivity contribution in [2.24, 2.45) is 0 Å². The number of anilines is 1. The predicted molar refractivity (Wildman–Crippen MR) is 126 cm³/mol. The van der Waals surface area contributed by atoms with Crippen LogP contribution in [0.25, 0.3) is 10.2 Å². The van der Waals surface area contributed by atoms with Crippen molar-refractivity contribution >= 4 is 27.4 Å². The van der Waals surface area contributed by atoms with Crippen molar-refractivity contribution < 1.29 is 4.74 Å². The normalized spacial score (nSPS) is 21.4. The number of fused-ring (bicyclic) bond motifs is 3. The number of rotatable bonds is 4. The maximum absolute atomic E-state index is 12.4. The lowest BCUT2D eigenvalue weighted by molar-refractivity contribution is 0.404. The molecule has 1 aliphatic heterocycles. The minimum atomic E-state index is -0.225. The molecule has 8 heteroatoms. The average Bonchev–Trinajstić information content (AvgIpc) is 3.55. The summed E-state index contributed by atoms with van der Waals surface area (Å²) in [6.07, 6.45) is 13.3. The number of aromatic nitrogens is 4. The second-order valence-corrected chi connectivity index (χ2v) is 10.4. The van der Waals surface area contributed by atoms with Gasteiger partial charge in [-0.15, -0.1) is 11.3 Å². The van der Waals surface area contributed by atoms with Crippen LogP contribution >= 0.6 is 11.3 Å². The third kappa shape index (κ3) is 3.31. The molecule has 1 saturated carbocycles. The van der Waals surface area contributed by atoms with Gasteiger partial charge in [0.05, 0.1) is 24.7 Å². The molecule has 4 heterocycles. The Hall–Kier alpha value is -2.48. The fourth-order valence-electron chi connectivity index (χ4n) is 5.76. The van der Waals surface area contributed by atoms with E-state index in [0.717, 1.165) is 48.7 Å². The molecule has 1 saturated heterocycles. The summed E-state index contributed by atoms with van der Waals surface area (Å²) >= 11 is 1.87. The molecule has 0 radical (unpaired) electrons. The molecule has 0 aromatic carbocycles. The SMILES string of the molecule is COc1cnc(C2CCCN2c2nc(C3CCCCC3)nc3sc4c(c23)CCC4)[nH]c1=O. The van der Waals surface area contributed by atoms with E-state index in [9.17, 15) is 4.79 Å². The topological polar surface area (TPSA) is 84.0 Å². The summed E-state index contributed by atoms with van der Waals surface area (Å²) in [5, 5.41) is 1.25. The van der Waals surface area contributed by atoms with E-state index in [1.807, 2.05) is 11.3 Å². The molecule has 168 valence electrons. The van der Waals surface area contributed by atoms with Gasteiger partial charge in [0.1, 0.15) is 22.3 Å². The zero-order chi connectivity index (χ0) is 21.7. The van der Waals surface area contributed by atoms with Crippen LogP contribution in [0.15, 0.2) is 11.0 Å². The van der Waals surface area contributed by atoms with Crippen molar-refractivity contribution in [1.29, 1.82) is 0 Å². The lowest BCUT2D eigenvalue weighted by atomic mass is 9.88. The molecule has 0 amide bonds. The van der Waals surface area contributed by atoms with Crippen molar-refractivity contribution in [2.75, 3.05) is 18.6 Å². The van der Waals surface area contributed by atoms with Gasteiger partial charge in [0.2, 0.25) is 5.75 Å². The maximum Gasteiger partial charge on any atom is 0.293 e. The molecule has 32 heavy (non-hydrogen) atoms. The zero-order valence-corrected chi connectivity index (χ0v) is 19.3. The number of methoxy groups -OCH3 is 1. The highest BCUT2D eigenvalue weighted by atomic mass is 32.1. The quantitative estimate of drug-likeness (QED) is 0.621. The first-order valence-corrected chi connectivity index (χ1v) is 12.8. The van der Waals surface area contributed by atoms with Crippen LogP contribution in [0.4, 0.5) is 5.82 Å². The summed E-state index contributed by atoms with van der Waals surface area (Å²) in [5.74, 6) is 3.50. The Morgan fingerprint density at radius 3 is 2.78 bits per heavy atom. The van der Waals surface area contributed by atoms with E-state index in [2.05, 4.69) is 14.9 Å². The number of aromatic amines is 1. The van der Waals surface area contributed by atoms with E-state index in [-0.39, 0.29) is 17.4 Å². The Kier molecular flexibility index (Phi) is 5.12. The Balaban J connectivity index is 1.47. The highest BCUT2D eigenvalue weighted by Gasteiger charge is 2.34. The van der Waals surface area contributed by atoms with Gasteiger partial charge in [0.15, 0.2) is 0 Å². The smallest absolute Gasteiger partial charge is 0.293 e. The molecule has 7 nitrogen and oxygen atoms in total. The van der Waals surface area contributed by atoms with Gasteiger partial charge in [-0.25, -0.2) is 15.0 Å². The first-order chi connectivity index (χ1) is 15.7. The molecular weight excluding hydrogens is 422 g/mol. The van der Waals surface area contributed by atoms with Crippen LogP contribution in [-0.4, -0.2) is 33.6 Å². The lowest BCUT2D eigenvalue weighted by Crippen LogP contribution is -2.28. The van der Waals surface area contributed by atoms with Crippen LogP contribution in [0.2, 0.25) is 0 Å². The minimum Gasteiger partial charge on any atom is -0.490 e. The summed E-state index contributed by atoms with van der Waals surface area (Å²) in [6, 6.07) is 0.0165. The summed E-state index contributed by atoms with van der Waals surface area (Å²) in [5.41, 5.74) is 1.23. The number of nitrogens with one attached hydrogen (secondary N) is 1. The Labute approximate surface area is 191 Å². The lowest BCUT2D eigenvalue weighted by Gasteiger charge is -2.28. The van der Waals surface area contributed by atoms with Gasteiger partial charge >= 0.3 is 0 Å². The largest absolute Gasteiger partial charge is 0.490 e. The highest BCUT2D eigenvalue weighted by Crippen LogP contribution is 2.45. The molecular formula is C24H29N5O2S. The molecule has 6 rings (SSSR count). The third-order valence-electron chi connectivity index (χ3n) is 7.38. The van der Waals surface area contributed by atoms with Crippen molar-refractivity contribution in [3.05, 3.63) is 38.6 Å². The second kappa shape index (κ2) is 8.14. The van der Waals surface area contributed by atoms with E-state index in [0.29, 0.717) is 11.7 Å². The fraction of sp³-hybridized carbons (Fsp3) is 0.583. The number of nitrogens with zero attached hydrogens (tertiary/aromatic N) is 4. The van der Waals surface area contributed by atoms with Crippen LogP contribution in [0, 0.1) is 0 Å². The second-order valence-electron chi connectivity index (χ2n) is 9.30. The van der Waals surface area contributed by atoms with Crippen LogP contribution < -0.4 is 15.2 Å². The monoisotopic (exact) mass is 451 g/mol. The molecule has 2 aliphatic carbocycles. The van der Waals surface area contributed by atoms with Crippen LogP contribution in [0.3, 0.4) is 0 Å². The highest BCUT2D eigenvalue weighted by molar-refractivity contribution is 7.19. The molecule has 0 bridgehead atoms. The van der Waals surface area contributed by atoms with E-state index in [1.165, 1.54) is 67.7 Å². The van der Waals surface area contributed by atoms with E-state index < -0.39 is 0 Å². The van der Waals surface area contributed by atoms with Gasteiger partial charge in [-0.1, -0.05) is 19.3 Å². The molecule has 1 unspecified atom stereocenters. The van der Waals surface area contributed by atoms with Crippen LogP contribution in [-0.2, 0) is 12.8 Å². The average molecular weight is 452 g/mol. The minimum absolute atomic E-state index is 0.0165. The van der Waals surface area contributed by atoms with Gasteiger partial charge < -0.3 is 14.6 Å². The molecule has 1 atom stereocenters. The first kappa shape index (κ1) is 20.1. The van der Waals surface area contributed by atoms with E-state index in [1.54, 1.807) is 0 Å². The fourth-order valence-corrected chi connectivity index (χ4v) is 7.02. The molecule has 1 N–H and O–H groups in total. The van der Waals surface area contributed by atoms with E-state index in [4.69, 9.17) is 14.7 Å². The standard InChI is InChI=1S/C24H29N5O2S/c1-31-17-13-25-21(27-23(17)30)16-10-6-12-29(16)22-19-15-9-5-11-18(15)32-24(19)28-20(26-22)14-7-3-2-4-8-14/h13-14,16H,2-12H2,1H3,(H,25,27,30). The molecule has 2 fully saturated rings. The van der Waals surface area contributed by atoms with Gasteiger partial charge in [-0.3, -0.25) is 4.79 Å². The first-order valence-electron chi connectivity index (χ1n) is 11.9. The van der Waals surface area contributed by atoms with Crippen molar-refractivity contribution in [1.82, 2.24) is 19.9 Å².